The van der Waals surface area contributed by atoms with Gasteiger partial charge in [-0.1, -0.05) is 18.2 Å². The fourth-order valence-corrected chi connectivity index (χ4v) is 1.70. The summed E-state index contributed by atoms with van der Waals surface area (Å²) in [6.07, 6.45) is 0.903. The summed E-state index contributed by atoms with van der Waals surface area (Å²) < 4.78 is 4.88. The number of aliphatic carboxylic acids is 1. The number of carbonyl (C=O) groups excluding carboxylic acids is 1. The second-order valence-electron chi connectivity index (χ2n) is 4.37. The highest BCUT2D eigenvalue weighted by molar-refractivity contribution is 5.93. The van der Waals surface area contributed by atoms with E-state index < -0.39 is 18.0 Å². The molecule has 0 aliphatic heterocycles. The zero-order valence-electron chi connectivity index (χ0n) is 11.7. The fraction of sp³-hybridized carbons (Fsp3) is 0.429. The van der Waals surface area contributed by atoms with Crippen molar-refractivity contribution < 1.29 is 19.4 Å². The molecule has 2 N–H and O–H groups in total. The Morgan fingerprint density at radius 1 is 1.35 bits per heavy atom. The zero-order chi connectivity index (χ0) is 15.0. The predicted molar refractivity (Wildman–Crippen MR) is 75.9 cm³/mol. The fourth-order valence-electron chi connectivity index (χ4n) is 1.70. The Morgan fingerprint density at radius 2 is 2.00 bits per heavy atom. The van der Waals surface area contributed by atoms with Gasteiger partial charge in [0.1, 0.15) is 6.04 Å². The average Bonchev–Trinajstić information content (AvgIpc) is 2.46. The van der Waals surface area contributed by atoms with Gasteiger partial charge in [0.15, 0.2) is 0 Å². The summed E-state index contributed by atoms with van der Waals surface area (Å²) in [4.78, 5) is 24.5. The minimum absolute atomic E-state index is 0.331. The predicted octanol–water partition coefficient (Wildman–Crippen LogP) is 1.71. The first-order valence-electron chi connectivity index (χ1n) is 6.37. The molecule has 1 rings (SSSR count). The minimum Gasteiger partial charge on any atom is -0.480 e. The third-order valence-electron chi connectivity index (χ3n) is 2.89. The second-order valence-corrected chi connectivity index (χ2v) is 4.37. The maximum Gasteiger partial charge on any atom is 0.326 e. The monoisotopic (exact) mass is 280 g/mol. The zero-order valence-corrected chi connectivity index (χ0v) is 11.7. The van der Waals surface area contributed by atoms with Crippen LogP contribution in [0, 0.1) is 0 Å². The molecule has 0 heterocycles. The van der Waals surface area contributed by atoms with Crippen molar-refractivity contribution in [2.24, 2.45) is 0 Å². The number of anilines is 1. The van der Waals surface area contributed by atoms with Gasteiger partial charge >= 0.3 is 12.0 Å². The standard InChI is InChI=1S/C14H20N2O4/c1-16(11-7-4-3-5-8-11)14(19)15-12(13(17)18)9-6-10-20-2/h3-5,7-8,12H,6,9-10H2,1-2H3,(H,15,19)(H,17,18). The van der Waals surface area contributed by atoms with E-state index >= 15 is 0 Å². The van der Waals surface area contributed by atoms with Gasteiger partial charge in [-0.3, -0.25) is 4.90 Å². The summed E-state index contributed by atoms with van der Waals surface area (Å²) in [6, 6.07) is 7.67. The number of benzene rings is 1. The van der Waals surface area contributed by atoms with Crippen molar-refractivity contribution in [2.75, 3.05) is 25.7 Å². The van der Waals surface area contributed by atoms with E-state index in [0.29, 0.717) is 25.1 Å². The lowest BCUT2D eigenvalue weighted by Crippen LogP contribution is -2.46. The lowest BCUT2D eigenvalue weighted by Gasteiger charge is -2.21. The maximum absolute atomic E-state index is 12.0. The lowest BCUT2D eigenvalue weighted by molar-refractivity contribution is -0.139. The average molecular weight is 280 g/mol. The number of urea groups is 1. The van der Waals surface area contributed by atoms with E-state index in [1.54, 1.807) is 26.3 Å². The first-order valence-corrected chi connectivity index (χ1v) is 6.37. The van der Waals surface area contributed by atoms with Crippen molar-refractivity contribution in [3.05, 3.63) is 30.3 Å². The molecule has 1 atom stereocenters. The minimum atomic E-state index is -1.05. The number of nitrogens with zero attached hydrogens (tertiary/aromatic N) is 1. The van der Waals surface area contributed by atoms with Crippen molar-refractivity contribution >= 4 is 17.7 Å². The summed E-state index contributed by atoms with van der Waals surface area (Å²) in [5.74, 6) is -1.05. The third kappa shape index (κ3) is 4.89. The van der Waals surface area contributed by atoms with Gasteiger partial charge in [-0.25, -0.2) is 9.59 Å². The van der Waals surface area contributed by atoms with Crippen LogP contribution in [-0.2, 0) is 9.53 Å². The van der Waals surface area contributed by atoms with Crippen molar-refractivity contribution in [2.45, 2.75) is 18.9 Å². The van der Waals surface area contributed by atoms with Gasteiger partial charge in [0, 0.05) is 26.5 Å². The van der Waals surface area contributed by atoms with Crippen LogP contribution in [0.1, 0.15) is 12.8 Å². The van der Waals surface area contributed by atoms with E-state index in [1.807, 2.05) is 18.2 Å². The molecule has 2 amide bonds. The SMILES string of the molecule is COCCCC(NC(=O)N(C)c1ccccc1)C(=O)O. The molecular weight excluding hydrogens is 260 g/mol. The molecule has 1 unspecified atom stereocenters. The van der Waals surface area contributed by atoms with Gasteiger partial charge in [-0.2, -0.15) is 0 Å². The van der Waals surface area contributed by atoms with Gasteiger partial charge in [-0.15, -0.1) is 0 Å². The second kappa shape index (κ2) is 8.16. The molecule has 0 saturated heterocycles. The summed E-state index contributed by atoms with van der Waals surface area (Å²) >= 11 is 0. The number of amides is 2. The molecule has 6 nitrogen and oxygen atoms in total. The summed E-state index contributed by atoms with van der Waals surface area (Å²) in [6.45, 7) is 0.466. The molecule has 1 aromatic rings. The van der Waals surface area contributed by atoms with E-state index in [4.69, 9.17) is 9.84 Å². The molecule has 20 heavy (non-hydrogen) atoms. The number of para-hydroxylation sites is 1. The number of hydrogen-bond acceptors (Lipinski definition) is 3. The van der Waals surface area contributed by atoms with Crippen LogP contribution in [0.15, 0.2) is 30.3 Å². The van der Waals surface area contributed by atoms with E-state index in [0.717, 1.165) is 0 Å². The molecule has 1 aromatic carbocycles. The number of carbonyl (C=O) groups is 2. The van der Waals surface area contributed by atoms with Crippen LogP contribution in [0.5, 0.6) is 0 Å². The van der Waals surface area contributed by atoms with Gasteiger partial charge in [0.2, 0.25) is 0 Å². The van der Waals surface area contributed by atoms with Gasteiger partial charge in [0.05, 0.1) is 0 Å². The first kappa shape index (κ1) is 16.0. The normalized spacial score (nSPS) is 11.7. The molecule has 0 spiro atoms. The topological polar surface area (TPSA) is 78.9 Å². The molecule has 0 bridgehead atoms. The van der Waals surface area contributed by atoms with E-state index in [2.05, 4.69) is 5.32 Å². The van der Waals surface area contributed by atoms with E-state index in [1.165, 1.54) is 4.90 Å². The smallest absolute Gasteiger partial charge is 0.326 e. The highest BCUT2D eigenvalue weighted by Crippen LogP contribution is 2.11. The Kier molecular flexibility index (Phi) is 6.52. The number of methoxy groups -OCH3 is 1. The largest absolute Gasteiger partial charge is 0.480 e. The number of rotatable bonds is 7. The maximum atomic E-state index is 12.0. The van der Waals surface area contributed by atoms with Crippen molar-refractivity contribution in [1.82, 2.24) is 5.32 Å². The Morgan fingerprint density at radius 3 is 2.55 bits per heavy atom. The summed E-state index contributed by atoms with van der Waals surface area (Å²) in [5, 5.41) is 11.6. The van der Waals surface area contributed by atoms with Gasteiger partial charge < -0.3 is 15.2 Å². The van der Waals surface area contributed by atoms with Crippen LogP contribution >= 0.6 is 0 Å². The van der Waals surface area contributed by atoms with Crippen molar-refractivity contribution in [3.63, 3.8) is 0 Å². The van der Waals surface area contributed by atoms with Gasteiger partial charge in [-0.05, 0) is 25.0 Å². The molecule has 0 aromatic heterocycles. The number of hydrogen-bond donors (Lipinski definition) is 2. The van der Waals surface area contributed by atoms with E-state index in [9.17, 15) is 9.59 Å². The van der Waals surface area contributed by atoms with Crippen LogP contribution in [0.25, 0.3) is 0 Å². The van der Waals surface area contributed by atoms with E-state index in [-0.39, 0.29) is 0 Å². The van der Waals surface area contributed by atoms with Crippen LogP contribution in [-0.4, -0.2) is 43.9 Å². The van der Waals surface area contributed by atoms with Crippen LogP contribution < -0.4 is 10.2 Å². The van der Waals surface area contributed by atoms with Crippen LogP contribution in [0.4, 0.5) is 10.5 Å². The lowest BCUT2D eigenvalue weighted by atomic mass is 10.1. The first-order chi connectivity index (χ1) is 9.56. The Balaban J connectivity index is 2.59. The molecule has 0 saturated carbocycles. The third-order valence-corrected chi connectivity index (χ3v) is 2.89. The molecule has 0 radical (unpaired) electrons. The van der Waals surface area contributed by atoms with Gasteiger partial charge in [0.25, 0.3) is 0 Å². The Hall–Kier alpha value is -2.08. The summed E-state index contributed by atoms with van der Waals surface area (Å²) in [7, 11) is 3.15. The number of ether oxygens (including phenoxy) is 1. The molecule has 0 aliphatic carbocycles. The Labute approximate surface area is 118 Å². The molecule has 0 fully saturated rings. The molecule has 110 valence electrons. The van der Waals surface area contributed by atoms with Crippen molar-refractivity contribution in [3.8, 4) is 0 Å². The van der Waals surface area contributed by atoms with Crippen LogP contribution in [0.3, 0.4) is 0 Å². The number of carboxylic acids is 1. The molecule has 0 aliphatic rings. The Bertz CT molecular complexity index is 436. The molecule has 6 heteroatoms. The highest BCUT2D eigenvalue weighted by atomic mass is 16.5. The summed E-state index contributed by atoms with van der Waals surface area (Å²) in [5.41, 5.74) is 0.700. The van der Waals surface area contributed by atoms with Crippen molar-refractivity contribution in [1.29, 1.82) is 0 Å². The number of carboxylic acid groups (broad SMARTS) is 1. The molecular formula is C14H20N2O4. The quantitative estimate of drug-likeness (QED) is 0.745. The number of nitrogens with one attached hydrogen (secondary N) is 1. The highest BCUT2D eigenvalue weighted by Gasteiger charge is 2.21. The van der Waals surface area contributed by atoms with Crippen LogP contribution in [0.2, 0.25) is 0 Å².